The number of methoxy groups -OCH3 is 2. The highest BCUT2D eigenvalue weighted by Gasteiger charge is 2.43. The van der Waals surface area contributed by atoms with Gasteiger partial charge in [-0.3, -0.25) is 0 Å². The summed E-state index contributed by atoms with van der Waals surface area (Å²) in [6, 6.07) is 0. The number of aliphatic hydroxyl groups is 2. The molecule has 4 atom stereocenters. The number of aliphatic hydroxyl groups excluding tert-OH is 2. The van der Waals surface area contributed by atoms with E-state index < -0.39 is 24.8 Å². The van der Waals surface area contributed by atoms with Crippen molar-refractivity contribution in [3.05, 3.63) is 0 Å². The molecule has 0 bridgehead atoms. The molecule has 0 amide bonds. The summed E-state index contributed by atoms with van der Waals surface area (Å²) in [7, 11) is 2.78. The van der Waals surface area contributed by atoms with E-state index in [1.54, 1.807) is 0 Å². The van der Waals surface area contributed by atoms with Crippen molar-refractivity contribution in [1.82, 2.24) is 0 Å². The summed E-state index contributed by atoms with van der Waals surface area (Å²) in [6.07, 6.45) is -3.67. The Bertz CT molecular complexity index is 110. The minimum absolute atomic E-state index is 0.796. The second-order valence-electron chi connectivity index (χ2n) is 2.33. The summed E-state index contributed by atoms with van der Waals surface area (Å²) in [6.45, 7) is 0. The fraction of sp³-hybridized carbons (Fsp3) is 1.00. The SMILES string of the molecule is CO[C@@H]1O[C@H](OC)[C@@H](O)[C@@H]1O. The van der Waals surface area contributed by atoms with E-state index in [4.69, 9.17) is 14.2 Å². The van der Waals surface area contributed by atoms with Crippen molar-refractivity contribution in [2.45, 2.75) is 24.8 Å². The molecule has 1 saturated heterocycles. The van der Waals surface area contributed by atoms with Crippen LogP contribution in [-0.4, -0.2) is 49.2 Å². The van der Waals surface area contributed by atoms with Gasteiger partial charge in [-0.2, -0.15) is 0 Å². The van der Waals surface area contributed by atoms with E-state index in [9.17, 15) is 10.2 Å². The lowest BCUT2D eigenvalue weighted by atomic mass is 10.2. The fourth-order valence-electron chi connectivity index (χ4n) is 1.01. The lowest BCUT2D eigenvalue weighted by Gasteiger charge is -2.10. The Morgan fingerprint density at radius 2 is 1.36 bits per heavy atom. The van der Waals surface area contributed by atoms with Crippen LogP contribution < -0.4 is 0 Å². The highest BCUT2D eigenvalue weighted by molar-refractivity contribution is 4.81. The molecule has 0 saturated carbocycles. The molecule has 0 unspecified atom stereocenters. The molecule has 0 aliphatic carbocycles. The fourth-order valence-corrected chi connectivity index (χ4v) is 1.01. The molecule has 1 fully saturated rings. The molecule has 5 nitrogen and oxygen atoms in total. The summed E-state index contributed by atoms with van der Waals surface area (Å²) < 4.78 is 14.4. The normalized spacial score (nSPS) is 44.7. The molecule has 0 spiro atoms. The highest BCUT2D eigenvalue weighted by Crippen LogP contribution is 2.21. The predicted octanol–water partition coefficient (Wildman–Crippen LogP) is -1.32. The van der Waals surface area contributed by atoms with E-state index >= 15 is 0 Å². The molecular formula is C6H12O5. The van der Waals surface area contributed by atoms with Crippen LogP contribution in [0.5, 0.6) is 0 Å². The molecule has 1 aliphatic rings. The summed E-state index contributed by atoms with van der Waals surface area (Å²) in [5.41, 5.74) is 0. The maximum Gasteiger partial charge on any atom is 0.189 e. The topological polar surface area (TPSA) is 68.2 Å². The van der Waals surface area contributed by atoms with Crippen LogP contribution in [0.4, 0.5) is 0 Å². The Hall–Kier alpha value is -0.200. The molecular weight excluding hydrogens is 152 g/mol. The molecule has 1 aliphatic heterocycles. The Morgan fingerprint density at radius 1 is 1.00 bits per heavy atom. The molecule has 11 heavy (non-hydrogen) atoms. The largest absolute Gasteiger partial charge is 0.385 e. The van der Waals surface area contributed by atoms with Crippen LogP contribution in [0, 0.1) is 0 Å². The third kappa shape index (κ3) is 1.52. The average molecular weight is 164 g/mol. The zero-order valence-electron chi connectivity index (χ0n) is 6.43. The summed E-state index contributed by atoms with van der Waals surface area (Å²) in [5.74, 6) is 0. The molecule has 0 aromatic heterocycles. The van der Waals surface area contributed by atoms with Crippen molar-refractivity contribution in [2.24, 2.45) is 0 Å². The van der Waals surface area contributed by atoms with Gasteiger partial charge in [-0.25, -0.2) is 0 Å². The summed E-state index contributed by atoms with van der Waals surface area (Å²) in [4.78, 5) is 0. The lowest BCUT2D eigenvalue weighted by molar-refractivity contribution is -0.205. The van der Waals surface area contributed by atoms with Gasteiger partial charge in [-0.15, -0.1) is 0 Å². The predicted molar refractivity (Wildman–Crippen MR) is 34.7 cm³/mol. The van der Waals surface area contributed by atoms with Crippen molar-refractivity contribution in [3.63, 3.8) is 0 Å². The van der Waals surface area contributed by atoms with Crippen molar-refractivity contribution < 1.29 is 24.4 Å². The minimum atomic E-state index is -1.04. The van der Waals surface area contributed by atoms with Gasteiger partial charge in [0.15, 0.2) is 12.6 Å². The monoisotopic (exact) mass is 164 g/mol. The van der Waals surface area contributed by atoms with E-state index in [0.717, 1.165) is 0 Å². The molecule has 0 aromatic rings. The molecule has 0 radical (unpaired) electrons. The van der Waals surface area contributed by atoms with Gasteiger partial charge >= 0.3 is 0 Å². The standard InChI is InChI=1S/C6H12O5/c1-9-5-3(7)4(8)6(10-2)11-5/h3-8H,1-2H3/t3-,4-,5-,6+/m0/s1. The molecule has 0 aromatic carbocycles. The number of ether oxygens (including phenoxy) is 3. The van der Waals surface area contributed by atoms with Crippen LogP contribution in [0.3, 0.4) is 0 Å². The van der Waals surface area contributed by atoms with Gasteiger partial charge in [0.25, 0.3) is 0 Å². The third-order valence-electron chi connectivity index (χ3n) is 1.64. The van der Waals surface area contributed by atoms with E-state index in [1.165, 1.54) is 14.2 Å². The summed E-state index contributed by atoms with van der Waals surface area (Å²) in [5, 5.41) is 18.4. The average Bonchev–Trinajstić information content (AvgIpc) is 2.30. The van der Waals surface area contributed by atoms with Crippen molar-refractivity contribution in [2.75, 3.05) is 14.2 Å². The van der Waals surface area contributed by atoms with Gasteiger partial charge < -0.3 is 24.4 Å². The van der Waals surface area contributed by atoms with Gasteiger partial charge in [0.05, 0.1) is 0 Å². The van der Waals surface area contributed by atoms with E-state index in [1.807, 2.05) is 0 Å². The first kappa shape index (κ1) is 8.89. The first-order valence-electron chi connectivity index (χ1n) is 3.28. The molecule has 1 heterocycles. The van der Waals surface area contributed by atoms with Crippen LogP contribution in [0.1, 0.15) is 0 Å². The second-order valence-corrected chi connectivity index (χ2v) is 2.33. The lowest BCUT2D eigenvalue weighted by Crippen LogP contribution is -2.33. The maximum atomic E-state index is 9.18. The third-order valence-corrected chi connectivity index (χ3v) is 1.64. The van der Waals surface area contributed by atoms with Crippen LogP contribution in [0.2, 0.25) is 0 Å². The number of rotatable bonds is 2. The number of hydrogen-bond acceptors (Lipinski definition) is 5. The minimum Gasteiger partial charge on any atom is -0.385 e. The molecule has 1 rings (SSSR count). The first-order valence-corrected chi connectivity index (χ1v) is 3.28. The van der Waals surface area contributed by atoms with Gasteiger partial charge in [0, 0.05) is 14.2 Å². The quantitative estimate of drug-likeness (QED) is 0.530. The molecule has 5 heteroatoms. The van der Waals surface area contributed by atoms with Gasteiger partial charge in [0.1, 0.15) is 12.2 Å². The van der Waals surface area contributed by atoms with Crippen LogP contribution >= 0.6 is 0 Å². The van der Waals surface area contributed by atoms with E-state index in [0.29, 0.717) is 0 Å². The smallest absolute Gasteiger partial charge is 0.189 e. The molecule has 66 valence electrons. The Morgan fingerprint density at radius 3 is 1.55 bits per heavy atom. The van der Waals surface area contributed by atoms with Gasteiger partial charge in [-0.1, -0.05) is 0 Å². The summed E-state index contributed by atoms with van der Waals surface area (Å²) >= 11 is 0. The maximum absolute atomic E-state index is 9.18. The van der Waals surface area contributed by atoms with Crippen LogP contribution in [0.25, 0.3) is 0 Å². The van der Waals surface area contributed by atoms with Crippen LogP contribution in [0.15, 0.2) is 0 Å². The van der Waals surface area contributed by atoms with Gasteiger partial charge in [-0.05, 0) is 0 Å². The zero-order valence-corrected chi connectivity index (χ0v) is 6.43. The highest BCUT2D eigenvalue weighted by atomic mass is 16.8. The number of hydrogen-bond donors (Lipinski definition) is 2. The first-order chi connectivity index (χ1) is 5.20. The van der Waals surface area contributed by atoms with Crippen molar-refractivity contribution in [1.29, 1.82) is 0 Å². The second kappa shape index (κ2) is 3.46. The Balaban J connectivity index is 2.53. The van der Waals surface area contributed by atoms with Crippen molar-refractivity contribution in [3.8, 4) is 0 Å². The molecule has 2 N–H and O–H groups in total. The Kier molecular flexibility index (Phi) is 2.80. The zero-order chi connectivity index (χ0) is 8.43. The van der Waals surface area contributed by atoms with Crippen molar-refractivity contribution >= 4 is 0 Å². The Labute approximate surface area is 64.5 Å². The van der Waals surface area contributed by atoms with E-state index in [2.05, 4.69) is 0 Å². The van der Waals surface area contributed by atoms with Gasteiger partial charge in [0.2, 0.25) is 0 Å². The van der Waals surface area contributed by atoms with Crippen LogP contribution in [-0.2, 0) is 14.2 Å². The van der Waals surface area contributed by atoms with E-state index in [-0.39, 0.29) is 0 Å².